The number of hydrogen-bond acceptors (Lipinski definition) is 5. The summed E-state index contributed by atoms with van der Waals surface area (Å²) in [7, 11) is 0. The quantitative estimate of drug-likeness (QED) is 0.615. The van der Waals surface area contributed by atoms with E-state index >= 15 is 0 Å². The minimum absolute atomic E-state index is 0.0571. The molecule has 0 saturated heterocycles. The predicted molar refractivity (Wildman–Crippen MR) is 110 cm³/mol. The summed E-state index contributed by atoms with van der Waals surface area (Å²) in [4.78, 5) is 12.4. The molecule has 26 heavy (non-hydrogen) atoms. The Kier molecular flexibility index (Phi) is 6.41. The maximum atomic E-state index is 12.4. The van der Waals surface area contributed by atoms with Crippen molar-refractivity contribution in [1.29, 1.82) is 0 Å². The van der Waals surface area contributed by atoms with Crippen LogP contribution in [0.1, 0.15) is 41.1 Å². The molecule has 0 aliphatic rings. The molecule has 0 bridgehead atoms. The minimum atomic E-state index is -0.0571. The molecular weight excluding hydrogens is 362 g/mol. The first-order valence-corrected chi connectivity index (χ1v) is 10.3. The van der Waals surface area contributed by atoms with Crippen LogP contribution in [0.15, 0.2) is 60.7 Å². The molecular formula is C20H21N3OS2. The Morgan fingerprint density at radius 3 is 2.08 bits per heavy atom. The van der Waals surface area contributed by atoms with E-state index in [9.17, 15) is 4.79 Å². The zero-order chi connectivity index (χ0) is 18.4. The van der Waals surface area contributed by atoms with Gasteiger partial charge in [0.2, 0.25) is 11.0 Å². The zero-order valence-electron chi connectivity index (χ0n) is 14.8. The van der Waals surface area contributed by atoms with Crippen molar-refractivity contribution in [2.24, 2.45) is 0 Å². The third-order valence-corrected chi connectivity index (χ3v) is 6.21. The van der Waals surface area contributed by atoms with Crippen LogP contribution in [-0.4, -0.2) is 21.9 Å². The molecule has 1 aromatic heterocycles. The number of nitrogens with one attached hydrogen (secondary N) is 1. The van der Waals surface area contributed by atoms with Gasteiger partial charge >= 0.3 is 0 Å². The van der Waals surface area contributed by atoms with E-state index in [1.54, 1.807) is 11.8 Å². The Hall–Kier alpha value is -2.18. The fourth-order valence-electron chi connectivity index (χ4n) is 2.47. The minimum Gasteiger partial charge on any atom is -0.300 e. The van der Waals surface area contributed by atoms with Crippen LogP contribution in [0.3, 0.4) is 0 Å². The van der Waals surface area contributed by atoms with Crippen LogP contribution in [0.4, 0.5) is 5.13 Å². The summed E-state index contributed by atoms with van der Waals surface area (Å²) < 4.78 is 0. The summed E-state index contributed by atoms with van der Waals surface area (Å²) in [6.45, 7) is 4.12. The van der Waals surface area contributed by atoms with Crippen LogP contribution in [0.25, 0.3) is 0 Å². The highest BCUT2D eigenvalue weighted by molar-refractivity contribution is 8.00. The zero-order valence-corrected chi connectivity index (χ0v) is 16.4. The van der Waals surface area contributed by atoms with Gasteiger partial charge < -0.3 is 0 Å². The molecule has 0 fully saturated rings. The van der Waals surface area contributed by atoms with E-state index in [1.165, 1.54) is 22.5 Å². The second-order valence-electron chi connectivity index (χ2n) is 6.16. The summed E-state index contributed by atoms with van der Waals surface area (Å²) in [5, 5.41) is 12.6. The number of benzene rings is 2. The normalized spacial score (nSPS) is 11.1. The van der Waals surface area contributed by atoms with Gasteiger partial charge in [0, 0.05) is 5.92 Å². The van der Waals surface area contributed by atoms with E-state index < -0.39 is 0 Å². The van der Waals surface area contributed by atoms with Crippen molar-refractivity contribution in [3.8, 4) is 0 Å². The fraction of sp³-hybridized carbons (Fsp3) is 0.250. The molecule has 1 N–H and O–H groups in total. The average molecular weight is 384 g/mol. The van der Waals surface area contributed by atoms with Crippen molar-refractivity contribution in [3.63, 3.8) is 0 Å². The number of hydrogen-bond donors (Lipinski definition) is 1. The predicted octanol–water partition coefficient (Wildman–Crippen LogP) is 5.12. The smallest absolute Gasteiger partial charge is 0.236 e. The maximum Gasteiger partial charge on any atom is 0.236 e. The van der Waals surface area contributed by atoms with Gasteiger partial charge in [0.1, 0.15) is 5.01 Å². The van der Waals surface area contributed by atoms with Crippen LogP contribution in [0.2, 0.25) is 0 Å². The largest absolute Gasteiger partial charge is 0.300 e. The highest BCUT2D eigenvalue weighted by atomic mass is 32.2. The third-order valence-electron chi connectivity index (χ3n) is 3.77. The Labute approximate surface area is 162 Å². The molecule has 3 rings (SSSR count). The molecule has 0 unspecified atom stereocenters. The van der Waals surface area contributed by atoms with Crippen LogP contribution >= 0.6 is 23.1 Å². The number of rotatable bonds is 7. The SMILES string of the molecule is CC(C)c1nnc(NC(=O)CSC(c2ccccc2)c2ccccc2)s1. The van der Waals surface area contributed by atoms with Gasteiger partial charge in [-0.15, -0.1) is 22.0 Å². The Morgan fingerprint density at radius 2 is 1.58 bits per heavy atom. The molecule has 0 aliphatic heterocycles. The average Bonchev–Trinajstić information content (AvgIpc) is 3.12. The topological polar surface area (TPSA) is 54.9 Å². The molecule has 0 atom stereocenters. The van der Waals surface area contributed by atoms with E-state index in [4.69, 9.17) is 0 Å². The van der Waals surface area contributed by atoms with Crippen molar-refractivity contribution in [1.82, 2.24) is 10.2 Å². The molecule has 1 heterocycles. The van der Waals surface area contributed by atoms with E-state index in [0.717, 1.165) is 5.01 Å². The molecule has 0 spiro atoms. The first-order chi connectivity index (χ1) is 12.6. The standard InChI is InChI=1S/C20H21N3OS2/c1-14(2)19-22-23-20(26-19)21-17(24)13-25-18(15-9-5-3-6-10-15)16-11-7-4-8-12-16/h3-12,14,18H,13H2,1-2H3,(H,21,23,24). The highest BCUT2D eigenvalue weighted by Gasteiger charge is 2.17. The lowest BCUT2D eigenvalue weighted by Crippen LogP contribution is -2.15. The van der Waals surface area contributed by atoms with Gasteiger partial charge in [-0.05, 0) is 11.1 Å². The van der Waals surface area contributed by atoms with E-state index in [-0.39, 0.29) is 11.2 Å². The summed E-state index contributed by atoms with van der Waals surface area (Å²) in [5.74, 6) is 0.608. The van der Waals surface area contributed by atoms with Crippen molar-refractivity contribution in [2.75, 3.05) is 11.1 Å². The molecule has 6 heteroatoms. The number of nitrogens with zero attached hydrogens (tertiary/aromatic N) is 2. The number of aromatic nitrogens is 2. The van der Waals surface area contributed by atoms with Gasteiger partial charge in [0.05, 0.1) is 11.0 Å². The van der Waals surface area contributed by atoms with Crippen molar-refractivity contribution in [2.45, 2.75) is 25.0 Å². The molecule has 134 valence electrons. The Balaban J connectivity index is 1.66. The van der Waals surface area contributed by atoms with Gasteiger partial charge in [-0.1, -0.05) is 85.8 Å². The number of thioether (sulfide) groups is 1. The second-order valence-corrected chi connectivity index (χ2v) is 8.26. The monoisotopic (exact) mass is 383 g/mol. The van der Waals surface area contributed by atoms with Crippen LogP contribution in [0, 0.1) is 0 Å². The molecule has 2 aromatic carbocycles. The first-order valence-electron chi connectivity index (χ1n) is 8.48. The van der Waals surface area contributed by atoms with Crippen LogP contribution in [0.5, 0.6) is 0 Å². The van der Waals surface area contributed by atoms with Crippen molar-refractivity contribution >= 4 is 34.1 Å². The number of anilines is 1. The Bertz CT molecular complexity index is 795. The molecule has 1 amide bonds. The van der Waals surface area contributed by atoms with Gasteiger partial charge in [-0.2, -0.15) is 0 Å². The Morgan fingerprint density at radius 1 is 1.00 bits per heavy atom. The summed E-state index contributed by atoms with van der Waals surface area (Å²) >= 11 is 3.05. The second kappa shape index (κ2) is 8.96. The highest BCUT2D eigenvalue weighted by Crippen LogP contribution is 2.35. The van der Waals surface area contributed by atoms with Gasteiger partial charge in [0.25, 0.3) is 0 Å². The number of carbonyl (C=O) groups is 1. The lowest BCUT2D eigenvalue weighted by Gasteiger charge is -2.17. The van der Waals surface area contributed by atoms with Gasteiger partial charge in [-0.3, -0.25) is 10.1 Å². The summed E-state index contributed by atoms with van der Waals surface area (Å²) in [6.07, 6.45) is 0. The molecule has 0 aliphatic carbocycles. The van der Waals surface area contributed by atoms with Gasteiger partial charge in [0.15, 0.2) is 0 Å². The third kappa shape index (κ3) is 4.93. The lowest BCUT2D eigenvalue weighted by atomic mass is 10.0. The molecule has 4 nitrogen and oxygen atoms in total. The summed E-state index contributed by atoms with van der Waals surface area (Å²) in [6, 6.07) is 20.5. The number of carbonyl (C=O) groups excluding carboxylic acids is 1. The first kappa shape index (κ1) is 18.6. The van der Waals surface area contributed by atoms with E-state index in [2.05, 4.69) is 53.6 Å². The summed E-state index contributed by atoms with van der Waals surface area (Å²) in [5.41, 5.74) is 2.38. The van der Waals surface area contributed by atoms with Crippen molar-refractivity contribution < 1.29 is 4.79 Å². The van der Waals surface area contributed by atoms with E-state index in [1.807, 2.05) is 36.4 Å². The number of amides is 1. The lowest BCUT2D eigenvalue weighted by molar-refractivity contribution is -0.113. The molecule has 0 radical (unpaired) electrons. The van der Waals surface area contributed by atoms with E-state index in [0.29, 0.717) is 16.8 Å². The van der Waals surface area contributed by atoms with Crippen LogP contribution in [-0.2, 0) is 4.79 Å². The van der Waals surface area contributed by atoms with Gasteiger partial charge in [-0.25, -0.2) is 0 Å². The fourth-order valence-corrected chi connectivity index (χ4v) is 4.32. The molecule has 0 saturated carbocycles. The van der Waals surface area contributed by atoms with Crippen molar-refractivity contribution in [3.05, 3.63) is 76.8 Å². The molecule has 3 aromatic rings. The van der Waals surface area contributed by atoms with Crippen LogP contribution < -0.4 is 5.32 Å². The maximum absolute atomic E-state index is 12.4.